The Bertz CT molecular complexity index is 346. The van der Waals surface area contributed by atoms with Gasteiger partial charge in [-0.05, 0) is 6.07 Å². The Kier molecular flexibility index (Phi) is 4.02. The van der Waals surface area contributed by atoms with E-state index in [0.29, 0.717) is 0 Å². The highest BCUT2D eigenvalue weighted by Crippen LogP contribution is 2.27. The minimum Gasteiger partial charge on any atom is -0.394 e. The van der Waals surface area contributed by atoms with Gasteiger partial charge in [0.25, 0.3) is 0 Å². The van der Waals surface area contributed by atoms with Gasteiger partial charge in [-0.15, -0.1) is 0 Å². The van der Waals surface area contributed by atoms with Crippen LogP contribution in [0, 0.1) is 0 Å². The molecule has 0 amide bonds. The van der Waals surface area contributed by atoms with Gasteiger partial charge in [0.2, 0.25) is 5.95 Å². The molecule has 0 bridgehead atoms. The van der Waals surface area contributed by atoms with Crippen molar-refractivity contribution in [2.75, 3.05) is 18.5 Å². The zero-order valence-electron chi connectivity index (χ0n) is 8.07. The number of aliphatic hydroxyl groups excluding tert-OH is 2. The van der Waals surface area contributed by atoms with E-state index in [9.17, 15) is 13.2 Å². The fraction of sp³-hybridized carbons (Fsp3) is 0.500. The van der Waals surface area contributed by atoms with Gasteiger partial charge in [0, 0.05) is 12.7 Å². The van der Waals surface area contributed by atoms with Gasteiger partial charge in [-0.2, -0.15) is 13.2 Å². The summed E-state index contributed by atoms with van der Waals surface area (Å²) in [6, 6.07) is 0.744. The SMILES string of the molecule is OCC(O)CNc1nccc(C(F)(F)F)n1. The Hall–Kier alpha value is -1.41. The second kappa shape index (κ2) is 5.08. The molecule has 1 aromatic rings. The third-order valence-corrected chi connectivity index (χ3v) is 1.65. The summed E-state index contributed by atoms with van der Waals surface area (Å²) >= 11 is 0. The van der Waals surface area contributed by atoms with E-state index in [1.165, 1.54) is 0 Å². The number of nitrogens with zero attached hydrogens (tertiary/aromatic N) is 2. The first-order valence-electron chi connectivity index (χ1n) is 4.36. The number of hydrogen-bond acceptors (Lipinski definition) is 5. The topological polar surface area (TPSA) is 78.3 Å². The second-order valence-corrected chi connectivity index (χ2v) is 2.98. The predicted octanol–water partition coefficient (Wildman–Crippen LogP) is 0.261. The fourth-order valence-electron chi connectivity index (χ4n) is 0.875. The highest BCUT2D eigenvalue weighted by molar-refractivity contribution is 5.26. The van der Waals surface area contributed by atoms with E-state index < -0.39 is 24.6 Å². The van der Waals surface area contributed by atoms with E-state index >= 15 is 0 Å². The van der Waals surface area contributed by atoms with E-state index in [1.54, 1.807) is 0 Å². The van der Waals surface area contributed by atoms with Gasteiger partial charge in [-0.3, -0.25) is 0 Å². The van der Waals surface area contributed by atoms with Crippen LogP contribution >= 0.6 is 0 Å². The molecule has 0 saturated carbocycles. The molecule has 0 aliphatic carbocycles. The van der Waals surface area contributed by atoms with E-state index in [4.69, 9.17) is 10.2 Å². The summed E-state index contributed by atoms with van der Waals surface area (Å²) < 4.78 is 36.7. The Morgan fingerprint density at radius 3 is 2.69 bits per heavy atom. The first-order valence-corrected chi connectivity index (χ1v) is 4.36. The molecule has 1 atom stereocenters. The monoisotopic (exact) mass is 237 g/mol. The van der Waals surface area contributed by atoms with Crippen LogP contribution in [-0.2, 0) is 6.18 Å². The van der Waals surface area contributed by atoms with Gasteiger partial charge < -0.3 is 15.5 Å². The van der Waals surface area contributed by atoms with Crippen LogP contribution in [-0.4, -0.2) is 39.4 Å². The third-order valence-electron chi connectivity index (χ3n) is 1.65. The molecule has 0 aromatic carbocycles. The van der Waals surface area contributed by atoms with Crippen LogP contribution < -0.4 is 5.32 Å². The molecule has 16 heavy (non-hydrogen) atoms. The molecule has 90 valence electrons. The van der Waals surface area contributed by atoms with Crippen molar-refractivity contribution in [3.63, 3.8) is 0 Å². The Labute approximate surface area is 89.0 Å². The number of alkyl halides is 3. The minimum absolute atomic E-state index is 0.127. The van der Waals surface area contributed by atoms with Crippen molar-refractivity contribution < 1.29 is 23.4 Å². The van der Waals surface area contributed by atoms with Crippen molar-refractivity contribution in [2.45, 2.75) is 12.3 Å². The lowest BCUT2D eigenvalue weighted by Gasteiger charge is -2.10. The standard InChI is InChI=1S/C8H10F3N3O2/c9-8(10,11)6-1-2-12-7(14-6)13-3-5(16)4-15/h1-2,5,15-16H,3-4H2,(H,12,13,14). The quantitative estimate of drug-likeness (QED) is 0.700. The summed E-state index contributed by atoms with van der Waals surface area (Å²) in [5.74, 6) is -0.248. The normalized spacial score (nSPS) is 13.6. The van der Waals surface area contributed by atoms with Gasteiger partial charge in [0.1, 0.15) is 5.69 Å². The average molecular weight is 237 g/mol. The largest absolute Gasteiger partial charge is 0.433 e. The predicted molar refractivity (Wildman–Crippen MR) is 48.6 cm³/mol. The van der Waals surface area contributed by atoms with Crippen molar-refractivity contribution >= 4 is 5.95 Å². The van der Waals surface area contributed by atoms with Gasteiger partial charge in [-0.1, -0.05) is 0 Å². The number of nitrogens with one attached hydrogen (secondary N) is 1. The van der Waals surface area contributed by atoms with Crippen LogP contribution in [0.5, 0.6) is 0 Å². The maximum absolute atomic E-state index is 12.2. The summed E-state index contributed by atoms with van der Waals surface area (Å²) in [4.78, 5) is 6.75. The molecule has 0 saturated heterocycles. The highest BCUT2D eigenvalue weighted by Gasteiger charge is 2.32. The average Bonchev–Trinajstić information content (AvgIpc) is 2.25. The number of anilines is 1. The molecule has 1 unspecified atom stereocenters. The molecule has 1 heterocycles. The maximum Gasteiger partial charge on any atom is 0.433 e. The number of hydrogen-bond donors (Lipinski definition) is 3. The lowest BCUT2D eigenvalue weighted by atomic mass is 10.4. The van der Waals surface area contributed by atoms with Gasteiger partial charge >= 0.3 is 6.18 Å². The minimum atomic E-state index is -4.53. The van der Waals surface area contributed by atoms with Crippen LogP contribution in [0.2, 0.25) is 0 Å². The van der Waals surface area contributed by atoms with Crippen LogP contribution in [0.3, 0.4) is 0 Å². The molecule has 0 aliphatic rings. The molecule has 0 aliphatic heterocycles. The number of halogens is 3. The number of rotatable bonds is 4. The summed E-state index contributed by atoms with van der Waals surface area (Å²) in [5, 5.41) is 19.8. The lowest BCUT2D eigenvalue weighted by molar-refractivity contribution is -0.141. The van der Waals surface area contributed by atoms with Crippen molar-refractivity contribution in [3.05, 3.63) is 18.0 Å². The summed E-state index contributed by atoms with van der Waals surface area (Å²) in [7, 11) is 0. The van der Waals surface area contributed by atoms with E-state index in [-0.39, 0.29) is 12.5 Å². The number of aliphatic hydroxyl groups is 2. The van der Waals surface area contributed by atoms with Crippen molar-refractivity contribution in [1.29, 1.82) is 0 Å². The van der Waals surface area contributed by atoms with Crippen LogP contribution in [0.25, 0.3) is 0 Å². The zero-order valence-corrected chi connectivity index (χ0v) is 8.07. The van der Waals surface area contributed by atoms with Gasteiger partial charge in [-0.25, -0.2) is 9.97 Å². The molecule has 5 nitrogen and oxygen atoms in total. The van der Waals surface area contributed by atoms with Gasteiger partial charge in [0.15, 0.2) is 0 Å². The highest BCUT2D eigenvalue weighted by atomic mass is 19.4. The zero-order chi connectivity index (χ0) is 12.2. The van der Waals surface area contributed by atoms with E-state index in [0.717, 1.165) is 12.3 Å². The van der Waals surface area contributed by atoms with Crippen molar-refractivity contribution in [1.82, 2.24) is 9.97 Å². The molecule has 8 heteroatoms. The Morgan fingerprint density at radius 2 is 2.12 bits per heavy atom. The molecule has 1 rings (SSSR count). The molecular weight excluding hydrogens is 227 g/mol. The Morgan fingerprint density at radius 1 is 1.44 bits per heavy atom. The third kappa shape index (κ3) is 3.63. The maximum atomic E-state index is 12.2. The van der Waals surface area contributed by atoms with Crippen molar-refractivity contribution in [3.8, 4) is 0 Å². The first kappa shape index (κ1) is 12.7. The summed E-state index contributed by atoms with van der Waals surface area (Å²) in [6.45, 7) is -0.621. The second-order valence-electron chi connectivity index (χ2n) is 2.98. The smallest absolute Gasteiger partial charge is 0.394 e. The van der Waals surface area contributed by atoms with E-state index in [1.807, 2.05) is 0 Å². The van der Waals surface area contributed by atoms with Crippen LogP contribution in [0.15, 0.2) is 12.3 Å². The van der Waals surface area contributed by atoms with E-state index in [2.05, 4.69) is 15.3 Å². The molecule has 1 aromatic heterocycles. The molecule has 0 radical (unpaired) electrons. The first-order chi connectivity index (χ1) is 7.43. The molecular formula is C8H10F3N3O2. The molecule has 0 fully saturated rings. The van der Waals surface area contributed by atoms with Crippen LogP contribution in [0.4, 0.5) is 19.1 Å². The summed E-state index contributed by atoms with van der Waals surface area (Å²) in [6.07, 6.45) is -4.64. The molecule has 0 spiro atoms. The Balaban J connectivity index is 2.68. The van der Waals surface area contributed by atoms with Crippen LogP contribution in [0.1, 0.15) is 5.69 Å². The fourth-order valence-corrected chi connectivity index (χ4v) is 0.875. The number of aromatic nitrogens is 2. The molecule has 3 N–H and O–H groups in total. The van der Waals surface area contributed by atoms with Crippen molar-refractivity contribution in [2.24, 2.45) is 0 Å². The lowest BCUT2D eigenvalue weighted by Crippen LogP contribution is -2.24. The summed E-state index contributed by atoms with van der Waals surface area (Å²) in [5.41, 5.74) is -1.07. The van der Waals surface area contributed by atoms with Gasteiger partial charge in [0.05, 0.1) is 12.7 Å².